The van der Waals surface area contributed by atoms with Gasteiger partial charge in [0.15, 0.2) is 0 Å². The van der Waals surface area contributed by atoms with E-state index in [-0.39, 0.29) is 44.5 Å². The maximum Gasteiger partial charge on any atom is 0.331 e. The number of hydrogen-bond acceptors (Lipinski definition) is 10. The average Bonchev–Trinajstić information content (AvgIpc) is 3.35. The predicted molar refractivity (Wildman–Crippen MR) is 267 cm³/mol. The fraction of sp³-hybridized carbons (Fsp3) is 0.103. The molecule has 10 rings (SSSR count). The molecule has 344 valence electrons. The minimum atomic E-state index is -0.861. The van der Waals surface area contributed by atoms with Crippen LogP contribution in [-0.2, 0) is 9.59 Å². The summed E-state index contributed by atoms with van der Waals surface area (Å²) in [6.07, 6.45) is 0. The molecule has 2 aliphatic heterocycles. The van der Waals surface area contributed by atoms with Crippen molar-refractivity contribution in [2.45, 2.75) is 27.7 Å². The van der Waals surface area contributed by atoms with Crippen LogP contribution in [0.4, 0.5) is 34.1 Å². The Bertz CT molecular complexity index is 3050. The Morgan fingerprint density at radius 3 is 0.914 bits per heavy atom. The van der Waals surface area contributed by atoms with Crippen LogP contribution in [0.2, 0.25) is 0 Å². The zero-order chi connectivity index (χ0) is 48.8. The molecule has 0 N–H and O–H groups in total. The molecule has 0 saturated carbocycles. The second-order valence-corrected chi connectivity index (χ2v) is 17.4. The predicted octanol–water partition coefficient (Wildman–Crippen LogP) is 11.4. The lowest BCUT2D eigenvalue weighted by Gasteiger charge is -2.31. The Morgan fingerprint density at radius 2 is 0.643 bits per heavy atom. The first-order valence-electron chi connectivity index (χ1n) is 22.6. The monoisotopic (exact) mass is 924 g/mol. The number of imide groups is 2. The van der Waals surface area contributed by atoms with Crippen molar-refractivity contribution in [1.82, 2.24) is 9.80 Å². The molecule has 8 aromatic rings. The zero-order valence-corrected chi connectivity index (χ0v) is 38.6. The van der Waals surface area contributed by atoms with Crippen molar-refractivity contribution in [1.29, 1.82) is 0 Å². The third-order valence-electron chi connectivity index (χ3n) is 12.4. The van der Waals surface area contributed by atoms with Crippen molar-refractivity contribution in [2.24, 2.45) is 0 Å². The zero-order valence-electron chi connectivity index (χ0n) is 38.6. The van der Waals surface area contributed by atoms with Gasteiger partial charge >= 0.3 is 11.9 Å². The molecule has 4 amide bonds. The summed E-state index contributed by atoms with van der Waals surface area (Å²) in [6.45, 7) is 6.62. The summed E-state index contributed by atoms with van der Waals surface area (Å²) in [5.74, 6) is -4.52. The second-order valence-electron chi connectivity index (χ2n) is 17.4. The van der Waals surface area contributed by atoms with Gasteiger partial charge in [0.05, 0.1) is 0 Å². The summed E-state index contributed by atoms with van der Waals surface area (Å²) in [5, 5.41) is 0.226. The van der Waals surface area contributed by atoms with Crippen LogP contribution < -0.4 is 19.3 Å². The Hall–Kier alpha value is -9.16. The van der Waals surface area contributed by atoms with E-state index in [1.165, 1.54) is 24.3 Å². The van der Waals surface area contributed by atoms with Crippen molar-refractivity contribution in [3.05, 3.63) is 214 Å². The fourth-order valence-corrected chi connectivity index (χ4v) is 8.89. The molecule has 12 heteroatoms. The van der Waals surface area contributed by atoms with Gasteiger partial charge in [0.2, 0.25) is 0 Å². The molecule has 0 aliphatic carbocycles. The van der Waals surface area contributed by atoms with E-state index in [4.69, 9.17) is 9.47 Å². The van der Waals surface area contributed by atoms with Crippen molar-refractivity contribution in [2.75, 3.05) is 22.9 Å². The number of anilines is 6. The number of hydrogen-bond donors (Lipinski definition) is 0. The minimum Gasteiger partial charge on any atom is -0.425 e. The largest absolute Gasteiger partial charge is 0.425 e. The topological polar surface area (TPSA) is 134 Å². The van der Waals surface area contributed by atoms with Crippen LogP contribution >= 0.6 is 0 Å². The molecular weight excluding hydrogens is 881 g/mol. The maximum absolute atomic E-state index is 14.1. The fourth-order valence-electron chi connectivity index (χ4n) is 8.89. The average molecular weight is 925 g/mol. The van der Waals surface area contributed by atoms with Crippen LogP contribution in [0.15, 0.2) is 170 Å². The van der Waals surface area contributed by atoms with Gasteiger partial charge in [-0.25, -0.2) is 9.59 Å². The Labute approximate surface area is 403 Å². The van der Waals surface area contributed by atoms with Crippen LogP contribution in [0.1, 0.15) is 63.7 Å². The van der Waals surface area contributed by atoms with E-state index in [9.17, 15) is 28.8 Å². The van der Waals surface area contributed by atoms with Crippen LogP contribution in [0.3, 0.4) is 0 Å². The van der Waals surface area contributed by atoms with Gasteiger partial charge in [-0.15, -0.1) is 0 Å². The van der Waals surface area contributed by atoms with Gasteiger partial charge in [0.1, 0.15) is 24.6 Å². The molecule has 0 atom stereocenters. The van der Waals surface area contributed by atoms with Crippen molar-refractivity contribution in [3.63, 3.8) is 0 Å². The standard InChI is InChI=1S/C58H44N4O8/c1-35-11-19-39(20-12-35)61(40-21-13-36(2)14-22-40)43-7-5-9-45(31-43)69-51(63)33-59-55(65)47-27-29-49-54-50(30-28-48(53(47)54)56(59)66)58(68)60(57(49)67)34-52(64)70-46-10-6-8-44(32-46)62(41-23-15-37(3)16-24-41)42-25-17-38(4)18-26-42/h5-32H,33-34H2,1-4H3. The Morgan fingerprint density at radius 1 is 0.371 bits per heavy atom. The van der Waals surface area contributed by atoms with Crippen LogP contribution in [0.25, 0.3) is 10.8 Å². The minimum absolute atomic E-state index is 0.0236. The number of nitrogens with zero attached hydrogens (tertiary/aromatic N) is 4. The lowest BCUT2D eigenvalue weighted by atomic mass is 9.86. The Kier molecular flexibility index (Phi) is 11.6. The van der Waals surface area contributed by atoms with Crippen LogP contribution in [-0.4, -0.2) is 58.5 Å². The van der Waals surface area contributed by atoms with Gasteiger partial charge in [-0.2, -0.15) is 0 Å². The normalized spacial score (nSPS) is 12.9. The summed E-state index contributed by atoms with van der Waals surface area (Å²) >= 11 is 0. The number of carbonyl (C=O) groups is 6. The molecule has 0 bridgehead atoms. The smallest absolute Gasteiger partial charge is 0.331 e. The van der Waals surface area contributed by atoms with Gasteiger partial charge < -0.3 is 19.3 Å². The van der Waals surface area contributed by atoms with E-state index in [0.717, 1.165) is 54.8 Å². The lowest BCUT2D eigenvalue weighted by molar-refractivity contribution is -0.135. The highest BCUT2D eigenvalue weighted by atomic mass is 16.5. The van der Waals surface area contributed by atoms with Gasteiger partial charge in [0, 0.05) is 79.3 Å². The number of esters is 2. The summed E-state index contributed by atoms with van der Waals surface area (Å²) in [7, 11) is 0. The summed E-state index contributed by atoms with van der Waals surface area (Å²) < 4.78 is 11.5. The SMILES string of the molecule is Cc1ccc(N(c2ccc(C)cc2)c2cccc(OC(=O)CN3C(=O)c4ccc5c6c(ccc(c46)C3=O)C(=O)N(CC(=O)Oc3cccc(N(c4ccc(C)cc4)c4ccc(C)cc4)c3)C5=O)c2)cc1. The van der Waals surface area contributed by atoms with Gasteiger partial charge in [-0.1, -0.05) is 82.9 Å². The molecule has 0 saturated heterocycles. The molecule has 2 aliphatic rings. The number of carbonyl (C=O) groups excluding carboxylic acids is 6. The quantitative estimate of drug-likeness (QED) is 0.0662. The number of ether oxygens (including phenoxy) is 2. The van der Waals surface area contributed by atoms with Crippen LogP contribution in [0.5, 0.6) is 11.5 Å². The van der Waals surface area contributed by atoms with Gasteiger partial charge in [-0.05, 0) is 125 Å². The molecule has 0 unspecified atom stereocenters. The third kappa shape index (κ3) is 8.43. The highest BCUT2D eigenvalue weighted by Gasteiger charge is 2.41. The third-order valence-corrected chi connectivity index (χ3v) is 12.4. The molecule has 0 radical (unpaired) electrons. The van der Waals surface area contributed by atoms with E-state index in [1.807, 2.05) is 147 Å². The highest BCUT2D eigenvalue weighted by molar-refractivity contribution is 6.33. The second kappa shape index (κ2) is 18.1. The molecule has 12 nitrogen and oxygen atoms in total. The van der Waals surface area contributed by atoms with Crippen molar-refractivity contribution in [3.8, 4) is 11.5 Å². The highest BCUT2D eigenvalue weighted by Crippen LogP contribution is 2.40. The van der Waals surface area contributed by atoms with Crippen LogP contribution in [0, 0.1) is 27.7 Å². The first kappa shape index (κ1) is 44.7. The number of benzene rings is 8. The maximum atomic E-state index is 14.1. The molecule has 8 aromatic carbocycles. The van der Waals surface area contributed by atoms with E-state index >= 15 is 0 Å². The van der Waals surface area contributed by atoms with E-state index in [1.54, 1.807) is 36.4 Å². The van der Waals surface area contributed by atoms with E-state index in [2.05, 4.69) is 0 Å². The molecule has 0 aromatic heterocycles. The molecule has 0 spiro atoms. The molecule has 0 fully saturated rings. The van der Waals surface area contributed by atoms with Crippen molar-refractivity contribution >= 4 is 80.5 Å². The van der Waals surface area contributed by atoms with E-state index < -0.39 is 48.7 Å². The molecular formula is C58H44N4O8. The molecule has 2 heterocycles. The summed E-state index contributed by atoms with van der Waals surface area (Å²) in [4.78, 5) is 89.1. The lowest BCUT2D eigenvalue weighted by Crippen LogP contribution is -2.46. The summed E-state index contributed by atoms with van der Waals surface area (Å²) in [6, 6.07) is 51.6. The molecule has 70 heavy (non-hydrogen) atoms. The number of aryl methyl sites for hydroxylation is 4. The van der Waals surface area contributed by atoms with Gasteiger partial charge in [-0.3, -0.25) is 29.0 Å². The van der Waals surface area contributed by atoms with Gasteiger partial charge in [0.25, 0.3) is 23.6 Å². The Balaban J connectivity index is 0.854. The number of rotatable bonds is 12. The first-order valence-corrected chi connectivity index (χ1v) is 22.6. The summed E-state index contributed by atoms with van der Waals surface area (Å²) in [5.41, 5.74) is 9.46. The van der Waals surface area contributed by atoms with Crippen molar-refractivity contribution < 1.29 is 38.2 Å². The number of amides is 4. The first-order chi connectivity index (χ1) is 33.8. The van der Waals surface area contributed by atoms with E-state index in [0.29, 0.717) is 11.4 Å².